The van der Waals surface area contributed by atoms with Gasteiger partial charge in [-0.3, -0.25) is 67.7 Å². The predicted octanol–water partition coefficient (Wildman–Crippen LogP) is -9.20. The van der Waals surface area contributed by atoms with E-state index in [4.69, 9.17) is 22.6 Å². The second-order valence-electron chi connectivity index (χ2n) is 20.1. The standard InChI is InChI=1S/C50H91N17O17S/c1-8-26(4)39(49(84)66-36(24-71)48(83)65-35(23-70)47(82)64-34(22-69)46(81)63-33(21-68)41(76)57-20-38(74)59-31(18-25(2)3)40(75)55-6)67-44(79)29(13-11-16-56-50(53)54)60-45(80)32(19-37(52)73)62-43(78)30(14-17-85-7)61-42(77)28(58-27(5)72)12-9-10-15-51/h25-26,28-36,39,68-71H,8-24,51H2,1-7H3,(H2,52,73)(H,55,75)(H,57,76)(H,58,72)(H,59,74)(H,60,80)(H,61,77)(H,62,78)(H,63,81)(H,64,82)(H,65,83)(H,66,84)(H,67,79)(H4,53,54,56). The first-order valence-electron chi connectivity index (χ1n) is 27.6. The molecule has 0 aromatic heterocycles. The van der Waals surface area contributed by atoms with Gasteiger partial charge in [0.2, 0.25) is 76.8 Å². The molecule has 0 bridgehead atoms. The quantitative estimate of drug-likeness (QED) is 0.0153. The summed E-state index contributed by atoms with van der Waals surface area (Å²) in [6.45, 7) is 3.18. The number of aliphatic hydroxyl groups is 4. The Balaban J connectivity index is 6.41. The number of amides is 13. The van der Waals surface area contributed by atoms with Crippen LogP contribution in [-0.2, 0) is 62.3 Å². The van der Waals surface area contributed by atoms with Crippen molar-refractivity contribution in [3.05, 3.63) is 0 Å². The Morgan fingerprint density at radius 3 is 1.36 bits per heavy atom. The number of carbonyl (C=O) groups is 13. The lowest BCUT2D eigenvalue weighted by molar-refractivity contribution is -0.137. The fraction of sp³-hybridized carbons (Fsp3) is 0.720. The van der Waals surface area contributed by atoms with Gasteiger partial charge in [0.15, 0.2) is 5.96 Å². The fourth-order valence-electron chi connectivity index (χ4n) is 7.76. The van der Waals surface area contributed by atoms with Crippen LogP contribution in [0.2, 0.25) is 0 Å². The molecule has 0 saturated carbocycles. The number of hydrogen-bond acceptors (Lipinski definition) is 20. The lowest BCUT2D eigenvalue weighted by Gasteiger charge is -2.29. The highest BCUT2D eigenvalue weighted by Crippen LogP contribution is 2.12. The molecular weight excluding hydrogens is 1140 g/mol. The van der Waals surface area contributed by atoms with E-state index in [2.05, 4.69) is 63.8 Å². The first kappa shape index (κ1) is 77.5. The van der Waals surface area contributed by atoms with Gasteiger partial charge in [-0.15, -0.1) is 0 Å². The second-order valence-corrected chi connectivity index (χ2v) is 21.1. The first-order chi connectivity index (χ1) is 40.1. The minimum atomic E-state index is -1.93. The van der Waals surface area contributed by atoms with Gasteiger partial charge in [-0.1, -0.05) is 34.1 Å². The zero-order chi connectivity index (χ0) is 64.9. The Bertz CT molecular complexity index is 2250. The Hall–Kier alpha value is -7.47. The average Bonchev–Trinajstić information content (AvgIpc) is 3.66. The van der Waals surface area contributed by atoms with Crippen molar-refractivity contribution >= 4 is 94.5 Å². The Morgan fingerprint density at radius 1 is 0.506 bits per heavy atom. The largest absolute Gasteiger partial charge is 0.394 e. The molecule has 0 spiro atoms. The van der Waals surface area contributed by atoms with E-state index >= 15 is 0 Å². The van der Waals surface area contributed by atoms with E-state index in [1.807, 2.05) is 19.2 Å². The average molecular weight is 1230 g/mol. The molecule has 85 heavy (non-hydrogen) atoms. The fourth-order valence-corrected chi connectivity index (χ4v) is 8.23. The van der Waals surface area contributed by atoms with E-state index in [1.54, 1.807) is 13.2 Å². The number of thioether (sulfide) groups is 1. The van der Waals surface area contributed by atoms with Crippen LogP contribution in [0.15, 0.2) is 0 Å². The zero-order valence-electron chi connectivity index (χ0n) is 49.2. The van der Waals surface area contributed by atoms with Crippen molar-refractivity contribution in [2.45, 2.75) is 153 Å². The number of guanidine groups is 1. The van der Waals surface area contributed by atoms with Crippen molar-refractivity contribution in [3.8, 4) is 0 Å². The van der Waals surface area contributed by atoms with Crippen LogP contribution in [-0.4, -0.2) is 229 Å². The summed E-state index contributed by atoms with van der Waals surface area (Å²) in [5.41, 5.74) is 16.5. The van der Waals surface area contributed by atoms with Gasteiger partial charge in [-0.2, -0.15) is 11.8 Å². The van der Waals surface area contributed by atoms with Crippen LogP contribution in [0.3, 0.4) is 0 Å². The number of hydrogen-bond donors (Lipinski definition) is 21. The van der Waals surface area contributed by atoms with E-state index in [9.17, 15) is 82.8 Å². The number of unbranched alkanes of at least 4 members (excludes halogenated alkanes) is 1. The summed E-state index contributed by atoms with van der Waals surface area (Å²) in [7, 11) is 1.37. The number of aliphatic hydroxyl groups excluding tert-OH is 4. The van der Waals surface area contributed by atoms with Crippen LogP contribution in [0, 0.1) is 17.2 Å². The summed E-state index contributed by atoms with van der Waals surface area (Å²) in [6.07, 6.45) is 2.44. The molecule has 13 amide bonds. The smallest absolute Gasteiger partial charge is 0.245 e. The molecule has 0 aliphatic heterocycles. The third-order valence-electron chi connectivity index (χ3n) is 12.6. The molecule has 0 saturated heterocycles. The zero-order valence-corrected chi connectivity index (χ0v) is 50.0. The highest BCUT2D eigenvalue weighted by Gasteiger charge is 2.37. The van der Waals surface area contributed by atoms with Crippen LogP contribution < -0.4 is 86.3 Å². The molecule has 24 N–H and O–H groups in total. The SMILES string of the molecule is CCC(C)C(NC(=O)C(CCCNC(=N)N)NC(=O)C(CC(N)=O)NC(=O)C(CCSC)NC(=O)C(CCCCN)NC(C)=O)C(=O)NC(CO)C(=O)NC(CO)C(=O)NC(CO)C(=O)NC(CO)C(=O)NCC(=O)NC(CC(C)C)C(=O)NC. The molecule has 0 fully saturated rings. The van der Waals surface area contributed by atoms with Gasteiger partial charge in [0.1, 0.15) is 60.4 Å². The predicted molar refractivity (Wildman–Crippen MR) is 308 cm³/mol. The van der Waals surface area contributed by atoms with E-state index in [0.717, 1.165) is 0 Å². The minimum absolute atomic E-state index is 0.00320. The first-order valence-corrected chi connectivity index (χ1v) is 28.9. The maximum atomic E-state index is 14.2. The van der Waals surface area contributed by atoms with Crippen LogP contribution >= 0.6 is 11.8 Å². The van der Waals surface area contributed by atoms with Crippen molar-refractivity contribution < 1.29 is 82.8 Å². The lowest BCUT2D eigenvalue weighted by Crippen LogP contribution is -2.62. The molecule has 0 aromatic rings. The summed E-state index contributed by atoms with van der Waals surface area (Å²) >= 11 is 1.33. The van der Waals surface area contributed by atoms with E-state index in [0.29, 0.717) is 25.1 Å². The van der Waals surface area contributed by atoms with Crippen molar-refractivity contribution in [2.24, 2.45) is 29.0 Å². The van der Waals surface area contributed by atoms with E-state index in [1.165, 1.54) is 32.7 Å². The maximum absolute atomic E-state index is 14.2. The molecule has 0 aliphatic carbocycles. The molecule has 11 unspecified atom stereocenters. The summed E-state index contributed by atoms with van der Waals surface area (Å²) in [5, 5.41) is 78.3. The molecule has 0 rings (SSSR count). The highest BCUT2D eigenvalue weighted by molar-refractivity contribution is 7.98. The van der Waals surface area contributed by atoms with Gasteiger partial charge in [-0.05, 0) is 75.3 Å². The number of rotatable bonds is 43. The summed E-state index contributed by atoms with van der Waals surface area (Å²) in [6, 6.07) is -15.6. The molecular formula is C50H91N17O17S. The summed E-state index contributed by atoms with van der Waals surface area (Å²) in [4.78, 5) is 171. The van der Waals surface area contributed by atoms with Crippen LogP contribution in [0.1, 0.15) is 92.4 Å². The van der Waals surface area contributed by atoms with Gasteiger partial charge in [-0.25, -0.2) is 0 Å². The topological polar surface area (TPSA) is 561 Å². The number of carbonyl (C=O) groups excluding carboxylic acids is 13. The second kappa shape index (κ2) is 42.4. The molecule has 0 heterocycles. The molecule has 0 aromatic carbocycles. The van der Waals surface area contributed by atoms with E-state index in [-0.39, 0.29) is 51.0 Å². The Kier molecular flexibility index (Phi) is 38.6. The number of nitrogens with one attached hydrogen (secondary N) is 14. The van der Waals surface area contributed by atoms with Crippen molar-refractivity contribution in [1.29, 1.82) is 5.41 Å². The Morgan fingerprint density at radius 2 is 0.929 bits per heavy atom. The van der Waals surface area contributed by atoms with Gasteiger partial charge in [0, 0.05) is 20.5 Å². The van der Waals surface area contributed by atoms with Crippen molar-refractivity contribution in [1.82, 2.24) is 69.1 Å². The van der Waals surface area contributed by atoms with Gasteiger partial charge in [0.25, 0.3) is 0 Å². The van der Waals surface area contributed by atoms with Crippen molar-refractivity contribution in [3.63, 3.8) is 0 Å². The molecule has 34 nitrogen and oxygen atoms in total. The lowest BCUT2D eigenvalue weighted by atomic mass is 9.97. The van der Waals surface area contributed by atoms with Crippen LogP contribution in [0.5, 0.6) is 0 Å². The third-order valence-corrected chi connectivity index (χ3v) is 13.3. The monoisotopic (exact) mass is 1230 g/mol. The number of nitrogens with two attached hydrogens (primary N) is 3. The van der Waals surface area contributed by atoms with Crippen molar-refractivity contribution in [2.75, 3.05) is 65.1 Å². The van der Waals surface area contributed by atoms with Crippen LogP contribution in [0.25, 0.3) is 0 Å². The third kappa shape index (κ3) is 30.8. The molecule has 0 aliphatic rings. The van der Waals surface area contributed by atoms with Crippen LogP contribution in [0.4, 0.5) is 0 Å². The maximum Gasteiger partial charge on any atom is 0.245 e. The number of likely N-dealkylation sites (N-methyl/N-ethyl adjacent to an activating group) is 1. The highest BCUT2D eigenvalue weighted by atomic mass is 32.2. The van der Waals surface area contributed by atoms with Gasteiger partial charge < -0.3 is 107 Å². The Labute approximate surface area is 497 Å². The molecule has 484 valence electrons. The number of primary amides is 1. The molecule has 0 radical (unpaired) electrons. The summed E-state index contributed by atoms with van der Waals surface area (Å²) in [5.74, 6) is -13.4. The summed E-state index contributed by atoms with van der Waals surface area (Å²) < 4.78 is 0. The minimum Gasteiger partial charge on any atom is -0.394 e. The van der Waals surface area contributed by atoms with Gasteiger partial charge >= 0.3 is 0 Å². The molecule has 35 heteroatoms. The van der Waals surface area contributed by atoms with Gasteiger partial charge in [0.05, 0.1) is 39.4 Å². The normalized spacial score (nSPS) is 14.8. The van der Waals surface area contributed by atoms with E-state index < -0.39 is 188 Å². The molecule has 11 atom stereocenters.